The van der Waals surface area contributed by atoms with Crippen molar-refractivity contribution in [1.82, 2.24) is 25.2 Å². The van der Waals surface area contributed by atoms with Crippen LogP contribution in [0.2, 0.25) is 0 Å². The van der Waals surface area contributed by atoms with Gasteiger partial charge in [-0.2, -0.15) is 0 Å². The monoisotopic (exact) mass is 491 g/mol. The van der Waals surface area contributed by atoms with Crippen LogP contribution in [-0.2, 0) is 16.0 Å². The van der Waals surface area contributed by atoms with Crippen molar-refractivity contribution in [3.05, 3.63) is 35.8 Å². The number of hydrogen-bond acceptors (Lipinski definition) is 7. The number of hydrogen-bond donors (Lipinski definition) is 2. The number of fused-ring (bicyclic) bond motifs is 1. The fourth-order valence-corrected chi connectivity index (χ4v) is 6.19. The molecule has 0 bridgehead atoms. The fraction of sp³-hybridized carbons (Fsp3) is 0.593. The van der Waals surface area contributed by atoms with Gasteiger partial charge in [0.05, 0.1) is 23.5 Å². The summed E-state index contributed by atoms with van der Waals surface area (Å²) in [5, 5.41) is 6.54. The van der Waals surface area contributed by atoms with Gasteiger partial charge in [-0.3, -0.25) is 9.59 Å². The maximum absolute atomic E-state index is 13.0. The molecule has 0 radical (unpaired) electrons. The van der Waals surface area contributed by atoms with Crippen molar-refractivity contribution in [3.8, 4) is 0 Å². The Hall–Kier alpha value is -3.07. The van der Waals surface area contributed by atoms with Gasteiger partial charge < -0.3 is 20.4 Å². The molecule has 2 aromatic heterocycles. The highest BCUT2D eigenvalue weighted by Gasteiger charge is 2.44. The minimum absolute atomic E-state index is 0.0624. The van der Waals surface area contributed by atoms with Crippen molar-refractivity contribution >= 4 is 29.3 Å². The lowest BCUT2D eigenvalue weighted by Crippen LogP contribution is -2.40. The molecular formula is C27H37N7O2. The molecule has 36 heavy (non-hydrogen) atoms. The SMILES string of the molecule is CNC1CCCC(=O)N(c2ccc(Nc3ncc4c(n3)C(C3CCCC3)C(C(=O)N(C)C)C4)nc2)C1. The number of carbonyl (C=O) groups excluding carboxylic acids is 2. The summed E-state index contributed by atoms with van der Waals surface area (Å²) in [5.74, 6) is 2.02. The average Bonchev–Trinajstić information content (AvgIpc) is 3.49. The van der Waals surface area contributed by atoms with Crippen molar-refractivity contribution in [2.45, 2.75) is 63.3 Å². The van der Waals surface area contributed by atoms with Crippen LogP contribution in [0.5, 0.6) is 0 Å². The van der Waals surface area contributed by atoms with Gasteiger partial charge in [-0.15, -0.1) is 0 Å². The van der Waals surface area contributed by atoms with E-state index in [-0.39, 0.29) is 29.7 Å². The lowest BCUT2D eigenvalue weighted by molar-refractivity contribution is -0.133. The highest BCUT2D eigenvalue weighted by Crippen LogP contribution is 2.48. The summed E-state index contributed by atoms with van der Waals surface area (Å²) in [6, 6.07) is 4.07. The minimum atomic E-state index is -0.0624. The number of aromatic nitrogens is 3. The van der Waals surface area contributed by atoms with Gasteiger partial charge in [0.1, 0.15) is 5.82 Å². The third-order valence-corrected chi connectivity index (χ3v) is 8.11. The van der Waals surface area contributed by atoms with Gasteiger partial charge in [0.2, 0.25) is 17.8 Å². The average molecular weight is 492 g/mol. The van der Waals surface area contributed by atoms with Crippen LogP contribution in [0.4, 0.5) is 17.5 Å². The van der Waals surface area contributed by atoms with Crippen molar-refractivity contribution in [2.75, 3.05) is 37.9 Å². The van der Waals surface area contributed by atoms with E-state index in [0.717, 1.165) is 42.6 Å². The van der Waals surface area contributed by atoms with Gasteiger partial charge in [-0.1, -0.05) is 12.8 Å². The molecule has 3 unspecified atom stereocenters. The van der Waals surface area contributed by atoms with Crippen LogP contribution in [0.15, 0.2) is 24.5 Å². The summed E-state index contributed by atoms with van der Waals surface area (Å²) < 4.78 is 0. The van der Waals surface area contributed by atoms with Gasteiger partial charge in [-0.25, -0.2) is 15.0 Å². The largest absolute Gasteiger partial charge is 0.349 e. The van der Waals surface area contributed by atoms with E-state index in [4.69, 9.17) is 4.98 Å². The molecule has 9 nitrogen and oxygen atoms in total. The highest BCUT2D eigenvalue weighted by molar-refractivity contribution is 5.93. The molecule has 0 spiro atoms. The van der Waals surface area contributed by atoms with Crippen LogP contribution in [0.1, 0.15) is 62.1 Å². The van der Waals surface area contributed by atoms with Gasteiger partial charge in [0, 0.05) is 45.2 Å². The van der Waals surface area contributed by atoms with E-state index < -0.39 is 0 Å². The standard InChI is InChI=1S/C27H37N7O2/c1-28-19-9-6-10-23(35)34(16-19)20-11-12-22(29-15-20)31-27-30-14-18-13-21(26(36)33(2)3)24(25(18)32-27)17-7-4-5-8-17/h11-12,14-15,17,19,21,24,28H,4-10,13,16H2,1-3H3,(H,29,30,31,32). The number of rotatable bonds is 6. The summed E-state index contributed by atoms with van der Waals surface area (Å²) in [5.41, 5.74) is 2.90. The second-order valence-corrected chi connectivity index (χ2v) is 10.6. The molecule has 3 aliphatic rings. The van der Waals surface area contributed by atoms with Gasteiger partial charge >= 0.3 is 0 Å². The zero-order valence-electron chi connectivity index (χ0n) is 21.5. The van der Waals surface area contributed by atoms with Crippen LogP contribution in [0, 0.1) is 11.8 Å². The predicted octanol–water partition coefficient (Wildman–Crippen LogP) is 3.25. The molecule has 1 aliphatic heterocycles. The summed E-state index contributed by atoms with van der Waals surface area (Å²) >= 11 is 0. The number of amides is 2. The molecule has 2 N–H and O–H groups in total. The lowest BCUT2D eigenvalue weighted by atomic mass is 9.81. The number of carbonyl (C=O) groups is 2. The van der Waals surface area contributed by atoms with Crippen LogP contribution in [0.25, 0.3) is 0 Å². The first-order chi connectivity index (χ1) is 17.4. The first-order valence-corrected chi connectivity index (χ1v) is 13.2. The van der Waals surface area contributed by atoms with E-state index in [1.54, 1.807) is 11.1 Å². The molecule has 3 atom stereocenters. The lowest BCUT2D eigenvalue weighted by Gasteiger charge is -2.27. The number of nitrogens with one attached hydrogen (secondary N) is 2. The second kappa shape index (κ2) is 10.5. The van der Waals surface area contributed by atoms with E-state index >= 15 is 0 Å². The Balaban J connectivity index is 1.34. The molecule has 192 valence electrons. The number of anilines is 3. The van der Waals surface area contributed by atoms with Crippen LogP contribution in [-0.4, -0.2) is 65.4 Å². The Labute approximate surface area is 213 Å². The summed E-state index contributed by atoms with van der Waals surface area (Å²) in [4.78, 5) is 43.2. The van der Waals surface area contributed by atoms with E-state index in [1.165, 1.54) is 12.8 Å². The predicted molar refractivity (Wildman–Crippen MR) is 139 cm³/mol. The van der Waals surface area contributed by atoms with Crippen LogP contribution >= 0.6 is 0 Å². The molecule has 2 aliphatic carbocycles. The fourth-order valence-electron chi connectivity index (χ4n) is 6.19. The van der Waals surface area contributed by atoms with Crippen LogP contribution < -0.4 is 15.5 Å². The summed E-state index contributed by atoms with van der Waals surface area (Å²) in [6.45, 7) is 0.646. The Morgan fingerprint density at radius 2 is 1.89 bits per heavy atom. The van der Waals surface area contributed by atoms with E-state index in [9.17, 15) is 9.59 Å². The number of nitrogens with zero attached hydrogens (tertiary/aromatic N) is 5. The molecule has 2 amide bonds. The molecule has 9 heteroatoms. The molecule has 2 fully saturated rings. The zero-order chi connectivity index (χ0) is 25.2. The molecule has 1 saturated carbocycles. The quantitative estimate of drug-likeness (QED) is 0.639. The van der Waals surface area contributed by atoms with E-state index in [1.807, 2.05) is 44.4 Å². The van der Waals surface area contributed by atoms with Gasteiger partial charge in [-0.05, 0) is 62.8 Å². The normalized spacial score (nSPS) is 24.5. The zero-order valence-corrected chi connectivity index (χ0v) is 21.5. The maximum atomic E-state index is 13.0. The minimum Gasteiger partial charge on any atom is -0.349 e. The Kier molecular flexibility index (Phi) is 7.18. The topological polar surface area (TPSA) is 103 Å². The van der Waals surface area contributed by atoms with Crippen molar-refractivity contribution in [3.63, 3.8) is 0 Å². The van der Waals surface area contributed by atoms with E-state index in [0.29, 0.717) is 37.1 Å². The molecule has 0 aromatic carbocycles. The molecular weight excluding hydrogens is 454 g/mol. The van der Waals surface area contributed by atoms with Crippen molar-refractivity contribution < 1.29 is 9.59 Å². The van der Waals surface area contributed by atoms with Gasteiger partial charge in [0.15, 0.2) is 0 Å². The van der Waals surface area contributed by atoms with Crippen LogP contribution in [0.3, 0.4) is 0 Å². The van der Waals surface area contributed by atoms with E-state index in [2.05, 4.69) is 20.6 Å². The number of likely N-dealkylation sites (N-methyl/N-ethyl adjacent to an activating group) is 1. The molecule has 2 aromatic rings. The first-order valence-electron chi connectivity index (χ1n) is 13.2. The Bertz CT molecular complexity index is 1100. The molecule has 5 rings (SSSR count). The Morgan fingerprint density at radius 1 is 1.08 bits per heavy atom. The third kappa shape index (κ3) is 4.93. The molecule has 1 saturated heterocycles. The Morgan fingerprint density at radius 3 is 2.58 bits per heavy atom. The summed E-state index contributed by atoms with van der Waals surface area (Å²) in [7, 11) is 5.61. The third-order valence-electron chi connectivity index (χ3n) is 8.11. The first kappa shape index (κ1) is 24.6. The van der Waals surface area contributed by atoms with Crippen molar-refractivity contribution in [2.24, 2.45) is 11.8 Å². The van der Waals surface area contributed by atoms with Gasteiger partial charge in [0.25, 0.3) is 0 Å². The summed E-state index contributed by atoms with van der Waals surface area (Å²) in [6.07, 6.45) is 11.5. The number of pyridine rings is 1. The highest BCUT2D eigenvalue weighted by atomic mass is 16.2. The maximum Gasteiger partial charge on any atom is 0.228 e. The van der Waals surface area contributed by atoms with Crippen molar-refractivity contribution in [1.29, 1.82) is 0 Å². The second-order valence-electron chi connectivity index (χ2n) is 10.6. The molecule has 3 heterocycles. The smallest absolute Gasteiger partial charge is 0.228 e.